The third kappa shape index (κ3) is 5.44. The van der Waals surface area contributed by atoms with E-state index in [4.69, 9.17) is 27.9 Å². The van der Waals surface area contributed by atoms with Gasteiger partial charge in [-0.1, -0.05) is 47.2 Å². The molecule has 0 bridgehead atoms. The van der Waals surface area contributed by atoms with Crippen LogP contribution in [0.25, 0.3) is 0 Å². The Bertz CT molecular complexity index is 857. The van der Waals surface area contributed by atoms with Crippen molar-refractivity contribution in [2.45, 2.75) is 37.6 Å². The van der Waals surface area contributed by atoms with Gasteiger partial charge in [-0.3, -0.25) is 0 Å². The molecule has 2 aromatic rings. The second-order valence-electron chi connectivity index (χ2n) is 6.89. The highest BCUT2D eigenvalue weighted by Crippen LogP contribution is 2.42. The highest BCUT2D eigenvalue weighted by atomic mass is 35.5. The van der Waals surface area contributed by atoms with Gasteiger partial charge in [-0.25, -0.2) is 0 Å². The van der Waals surface area contributed by atoms with E-state index in [0.29, 0.717) is 22.0 Å². The van der Waals surface area contributed by atoms with Gasteiger partial charge in [-0.05, 0) is 67.3 Å². The first-order chi connectivity index (χ1) is 13.1. The zero-order valence-corrected chi connectivity index (χ0v) is 18.6. The van der Waals surface area contributed by atoms with Gasteiger partial charge in [0.05, 0.1) is 10.0 Å². The summed E-state index contributed by atoms with van der Waals surface area (Å²) in [7, 11) is 3.75. The van der Waals surface area contributed by atoms with Gasteiger partial charge in [0.25, 0.3) is 0 Å². The minimum absolute atomic E-state index is 0. The number of fused-ring (bicyclic) bond motifs is 1. The summed E-state index contributed by atoms with van der Waals surface area (Å²) in [6.07, 6.45) is 3.98. The van der Waals surface area contributed by atoms with Gasteiger partial charge in [-0.15, -0.1) is 12.4 Å². The van der Waals surface area contributed by atoms with Crippen molar-refractivity contribution in [2.75, 3.05) is 20.8 Å². The van der Waals surface area contributed by atoms with Gasteiger partial charge < -0.3 is 10.1 Å². The quantitative estimate of drug-likeness (QED) is 0.432. The second-order valence-corrected chi connectivity index (χ2v) is 7.70. The summed E-state index contributed by atoms with van der Waals surface area (Å²) in [5.41, 5.74) is 4.98. The number of rotatable bonds is 5. The minimum atomic E-state index is 0. The highest BCUT2D eigenvalue weighted by molar-refractivity contribution is 6.42. The Balaban J connectivity index is 0.00000280. The first kappa shape index (κ1) is 23.1. The molecule has 1 N–H and O–H groups in total. The zero-order chi connectivity index (χ0) is 19.2. The van der Waals surface area contributed by atoms with Crippen LogP contribution in [0.1, 0.15) is 59.9 Å². The summed E-state index contributed by atoms with van der Waals surface area (Å²) in [5, 5.41) is 4.67. The summed E-state index contributed by atoms with van der Waals surface area (Å²) >= 11 is 12.4. The summed E-state index contributed by atoms with van der Waals surface area (Å²) < 4.78 is 5.07. The molecule has 2 atom stereocenters. The number of ether oxygens (including phenoxy) is 1. The molecule has 0 unspecified atom stereocenters. The zero-order valence-electron chi connectivity index (χ0n) is 16.2. The van der Waals surface area contributed by atoms with E-state index >= 15 is 0 Å². The molecule has 0 spiro atoms. The van der Waals surface area contributed by atoms with E-state index in [9.17, 15) is 0 Å². The fourth-order valence-electron chi connectivity index (χ4n) is 3.76. The summed E-state index contributed by atoms with van der Waals surface area (Å²) in [6.45, 7) is 0.756. The van der Waals surface area contributed by atoms with Crippen LogP contribution in [0.5, 0.6) is 0 Å². The van der Waals surface area contributed by atoms with Crippen LogP contribution in [-0.2, 0) is 4.74 Å². The molecule has 0 heterocycles. The largest absolute Gasteiger partial charge is 0.385 e. The Hall–Kier alpha value is -1.21. The van der Waals surface area contributed by atoms with E-state index < -0.39 is 0 Å². The molecule has 0 amide bonds. The monoisotopic (exact) mass is 437 g/mol. The first-order valence-corrected chi connectivity index (χ1v) is 10.1. The molecule has 2 nitrogen and oxygen atoms in total. The molecule has 2 aromatic carbocycles. The Labute approximate surface area is 184 Å². The summed E-state index contributed by atoms with van der Waals surface area (Å²) in [4.78, 5) is 0. The molecule has 1 aliphatic carbocycles. The number of nitrogens with one attached hydrogen (secondary N) is 1. The van der Waals surface area contributed by atoms with Crippen LogP contribution in [0.2, 0.25) is 10.0 Å². The topological polar surface area (TPSA) is 21.3 Å². The molecule has 0 radical (unpaired) electrons. The molecule has 0 fully saturated rings. The molecule has 0 saturated heterocycles. The van der Waals surface area contributed by atoms with E-state index in [0.717, 1.165) is 37.9 Å². The molecular formula is C23H26Cl3NO. The van der Waals surface area contributed by atoms with Crippen molar-refractivity contribution in [1.29, 1.82) is 0 Å². The second kappa shape index (κ2) is 11.1. The fourth-order valence-corrected chi connectivity index (χ4v) is 4.07. The molecule has 1 aliphatic rings. The Kier molecular flexibility index (Phi) is 9.15. The average molecular weight is 439 g/mol. The number of hydrogen-bond acceptors (Lipinski definition) is 2. The number of unbranched alkanes of at least 4 members (excludes halogenated alkanes) is 1. The van der Waals surface area contributed by atoms with Gasteiger partial charge in [0.15, 0.2) is 0 Å². The predicted octanol–water partition coefficient (Wildman–Crippen LogP) is 6.38. The molecule has 3 rings (SSSR count). The van der Waals surface area contributed by atoms with Crippen LogP contribution in [0.3, 0.4) is 0 Å². The maximum Gasteiger partial charge on any atom is 0.0595 e. The van der Waals surface area contributed by atoms with E-state index in [1.165, 1.54) is 16.7 Å². The van der Waals surface area contributed by atoms with Gasteiger partial charge >= 0.3 is 0 Å². The van der Waals surface area contributed by atoms with Crippen molar-refractivity contribution in [3.8, 4) is 11.8 Å². The van der Waals surface area contributed by atoms with Crippen molar-refractivity contribution in [3.05, 3.63) is 68.7 Å². The van der Waals surface area contributed by atoms with Crippen LogP contribution in [-0.4, -0.2) is 20.8 Å². The van der Waals surface area contributed by atoms with Crippen molar-refractivity contribution in [3.63, 3.8) is 0 Å². The van der Waals surface area contributed by atoms with Crippen molar-refractivity contribution in [2.24, 2.45) is 0 Å². The maximum absolute atomic E-state index is 6.26. The highest BCUT2D eigenvalue weighted by Gasteiger charge is 2.27. The van der Waals surface area contributed by atoms with Crippen LogP contribution >= 0.6 is 35.6 Å². The lowest BCUT2D eigenvalue weighted by atomic mass is 9.76. The number of hydrogen-bond donors (Lipinski definition) is 1. The van der Waals surface area contributed by atoms with Crippen molar-refractivity contribution < 1.29 is 4.74 Å². The van der Waals surface area contributed by atoms with Gasteiger partial charge in [-0.2, -0.15) is 0 Å². The smallest absolute Gasteiger partial charge is 0.0595 e. The van der Waals surface area contributed by atoms with E-state index in [2.05, 4.69) is 41.4 Å². The molecular weight excluding hydrogens is 413 g/mol. The maximum atomic E-state index is 6.26. The standard InChI is InChI=1S/C23H25Cl2NO.ClH/c1-26-23-12-10-18(17-8-11-21(24)22(25)15-17)19-9-7-16(14-20(19)23)6-4-3-5-13-27-2;/h7-9,11,14-15,18,23,26H,3,5,10,12-13H2,1-2H3;1H/t18-,23-;/m0./s1. The Morgan fingerprint density at radius 1 is 1.07 bits per heavy atom. The fraction of sp³-hybridized carbons (Fsp3) is 0.391. The Morgan fingerprint density at radius 3 is 2.61 bits per heavy atom. The van der Waals surface area contributed by atoms with Gasteiger partial charge in [0.1, 0.15) is 0 Å². The van der Waals surface area contributed by atoms with Crippen LogP contribution in [0.15, 0.2) is 36.4 Å². The molecule has 150 valence electrons. The first-order valence-electron chi connectivity index (χ1n) is 9.38. The Morgan fingerprint density at radius 2 is 1.89 bits per heavy atom. The van der Waals surface area contributed by atoms with E-state index in [1.54, 1.807) is 7.11 Å². The number of benzene rings is 2. The summed E-state index contributed by atoms with van der Waals surface area (Å²) in [5.74, 6) is 6.88. The lowest BCUT2D eigenvalue weighted by molar-refractivity contribution is 0.196. The van der Waals surface area contributed by atoms with Crippen LogP contribution in [0, 0.1) is 11.8 Å². The van der Waals surface area contributed by atoms with E-state index in [1.807, 2.05) is 19.2 Å². The molecule has 5 heteroatoms. The van der Waals surface area contributed by atoms with Crippen molar-refractivity contribution in [1.82, 2.24) is 5.32 Å². The third-order valence-electron chi connectivity index (χ3n) is 5.16. The van der Waals surface area contributed by atoms with Gasteiger partial charge in [0, 0.05) is 37.7 Å². The molecule has 0 aromatic heterocycles. The molecule has 28 heavy (non-hydrogen) atoms. The van der Waals surface area contributed by atoms with Gasteiger partial charge in [0.2, 0.25) is 0 Å². The molecule has 0 saturated carbocycles. The third-order valence-corrected chi connectivity index (χ3v) is 5.90. The normalized spacial score (nSPS) is 17.9. The van der Waals surface area contributed by atoms with E-state index in [-0.39, 0.29) is 12.4 Å². The number of halogens is 3. The predicted molar refractivity (Wildman–Crippen MR) is 121 cm³/mol. The van der Waals surface area contributed by atoms with Crippen molar-refractivity contribution >= 4 is 35.6 Å². The molecule has 0 aliphatic heterocycles. The lowest BCUT2D eigenvalue weighted by Gasteiger charge is -2.32. The SMILES string of the molecule is CN[C@H]1CC[C@@H](c2ccc(Cl)c(Cl)c2)c2ccc(C#CCCCOC)cc21.Cl. The average Bonchev–Trinajstić information content (AvgIpc) is 2.69. The minimum Gasteiger partial charge on any atom is -0.385 e. The summed E-state index contributed by atoms with van der Waals surface area (Å²) in [6, 6.07) is 12.9. The lowest BCUT2D eigenvalue weighted by Crippen LogP contribution is -2.24. The van der Waals surface area contributed by atoms with Crippen LogP contribution in [0.4, 0.5) is 0 Å². The number of methoxy groups -OCH3 is 1. The van der Waals surface area contributed by atoms with Crippen LogP contribution < -0.4 is 5.32 Å².